The molecule has 4 nitrogen and oxygen atoms in total. The minimum atomic E-state index is 0.0729. The van der Waals surface area contributed by atoms with Crippen molar-refractivity contribution in [2.75, 3.05) is 0 Å². The maximum atomic E-state index is 7.42. The van der Waals surface area contributed by atoms with Gasteiger partial charge in [-0.25, -0.2) is 4.68 Å². The van der Waals surface area contributed by atoms with E-state index in [2.05, 4.69) is 5.10 Å². The summed E-state index contributed by atoms with van der Waals surface area (Å²) in [5.74, 6) is 0.0729. The number of nitrogens with two attached hydrogens (primary N) is 1. The molecule has 0 aliphatic carbocycles. The summed E-state index contributed by atoms with van der Waals surface area (Å²) in [6.45, 7) is 3.77. The first-order valence-corrected chi connectivity index (χ1v) is 5.54. The third-order valence-corrected chi connectivity index (χ3v) is 2.97. The van der Waals surface area contributed by atoms with Gasteiger partial charge in [0.15, 0.2) is 0 Å². The number of rotatable bonds is 2. The first-order chi connectivity index (χ1) is 7.99. The number of nitrogens with zero attached hydrogens (tertiary/aromatic N) is 2. The first kappa shape index (κ1) is 11.7. The van der Waals surface area contributed by atoms with Crippen molar-refractivity contribution in [3.8, 4) is 5.69 Å². The molecule has 0 spiro atoms. The van der Waals surface area contributed by atoms with Crippen LogP contribution in [0.5, 0.6) is 0 Å². The van der Waals surface area contributed by atoms with E-state index < -0.39 is 0 Å². The van der Waals surface area contributed by atoms with Gasteiger partial charge in [0.25, 0.3) is 0 Å². The zero-order valence-corrected chi connectivity index (χ0v) is 10.4. The highest BCUT2D eigenvalue weighted by atomic mass is 35.5. The fourth-order valence-corrected chi connectivity index (χ4v) is 1.79. The minimum Gasteiger partial charge on any atom is -0.384 e. The number of halogens is 1. The van der Waals surface area contributed by atoms with Gasteiger partial charge in [-0.2, -0.15) is 5.10 Å². The van der Waals surface area contributed by atoms with Gasteiger partial charge in [-0.1, -0.05) is 11.6 Å². The van der Waals surface area contributed by atoms with E-state index in [1.807, 2.05) is 32.0 Å². The van der Waals surface area contributed by atoms with Crippen LogP contribution in [0.2, 0.25) is 5.02 Å². The Hall–Kier alpha value is -1.81. The Kier molecular flexibility index (Phi) is 2.90. The van der Waals surface area contributed by atoms with Gasteiger partial charge in [-0.15, -0.1) is 0 Å². The largest absolute Gasteiger partial charge is 0.384 e. The number of hydrogen-bond donors (Lipinski definition) is 2. The Morgan fingerprint density at radius 1 is 1.41 bits per heavy atom. The highest BCUT2D eigenvalue weighted by Crippen LogP contribution is 2.18. The fraction of sp³-hybridized carbons (Fsp3) is 0.167. The van der Waals surface area contributed by atoms with Crippen LogP contribution in [0.15, 0.2) is 24.4 Å². The number of aryl methyl sites for hydroxylation is 2. The van der Waals surface area contributed by atoms with Gasteiger partial charge < -0.3 is 5.73 Å². The number of aromatic nitrogens is 2. The van der Waals surface area contributed by atoms with Crippen molar-refractivity contribution < 1.29 is 0 Å². The standard InChI is InChI=1S/C12H13ClN4/c1-7-5-9(3-4-10(7)12(14)15)17-6-11(13)8(2)16-17/h3-6H,1-2H3,(H3,14,15). The summed E-state index contributed by atoms with van der Waals surface area (Å²) in [5.41, 5.74) is 8.85. The maximum absolute atomic E-state index is 7.42. The number of nitrogens with one attached hydrogen (secondary N) is 1. The maximum Gasteiger partial charge on any atom is 0.123 e. The fourth-order valence-electron chi connectivity index (χ4n) is 1.66. The lowest BCUT2D eigenvalue weighted by atomic mass is 10.1. The molecule has 17 heavy (non-hydrogen) atoms. The number of amidine groups is 1. The minimum absolute atomic E-state index is 0.0729. The van der Waals surface area contributed by atoms with Crippen molar-refractivity contribution in [1.82, 2.24) is 9.78 Å². The SMILES string of the molecule is Cc1cc(-n2cc(Cl)c(C)n2)ccc1C(=N)N. The van der Waals surface area contributed by atoms with Crippen LogP contribution in [0.4, 0.5) is 0 Å². The Labute approximate surface area is 105 Å². The highest BCUT2D eigenvalue weighted by molar-refractivity contribution is 6.31. The molecular formula is C12H13ClN4. The molecule has 5 heteroatoms. The lowest BCUT2D eigenvalue weighted by Crippen LogP contribution is -2.13. The second-order valence-electron chi connectivity index (χ2n) is 3.92. The Morgan fingerprint density at radius 3 is 2.59 bits per heavy atom. The van der Waals surface area contributed by atoms with E-state index in [-0.39, 0.29) is 5.84 Å². The number of nitrogen functional groups attached to an aromatic ring is 1. The molecular weight excluding hydrogens is 236 g/mol. The Morgan fingerprint density at radius 2 is 2.12 bits per heavy atom. The molecule has 0 bridgehead atoms. The lowest BCUT2D eigenvalue weighted by molar-refractivity contribution is 0.861. The third kappa shape index (κ3) is 2.17. The van der Waals surface area contributed by atoms with E-state index in [4.69, 9.17) is 22.7 Å². The summed E-state index contributed by atoms with van der Waals surface area (Å²) in [6.07, 6.45) is 1.76. The van der Waals surface area contributed by atoms with Gasteiger partial charge in [0.05, 0.1) is 16.4 Å². The molecule has 1 heterocycles. The molecule has 0 atom stereocenters. The first-order valence-electron chi connectivity index (χ1n) is 5.16. The van der Waals surface area contributed by atoms with Crippen molar-refractivity contribution in [1.29, 1.82) is 5.41 Å². The third-order valence-electron chi connectivity index (χ3n) is 2.60. The summed E-state index contributed by atoms with van der Waals surface area (Å²) < 4.78 is 1.72. The van der Waals surface area contributed by atoms with Gasteiger partial charge in [0, 0.05) is 11.8 Å². The molecule has 0 unspecified atom stereocenters. The lowest BCUT2D eigenvalue weighted by Gasteiger charge is -2.07. The smallest absolute Gasteiger partial charge is 0.123 e. The van der Waals surface area contributed by atoms with E-state index in [1.54, 1.807) is 10.9 Å². The van der Waals surface area contributed by atoms with Crippen LogP contribution in [-0.4, -0.2) is 15.6 Å². The van der Waals surface area contributed by atoms with E-state index in [9.17, 15) is 0 Å². The molecule has 0 aliphatic rings. The molecule has 0 amide bonds. The monoisotopic (exact) mass is 248 g/mol. The normalized spacial score (nSPS) is 10.5. The molecule has 0 fully saturated rings. The average molecular weight is 249 g/mol. The van der Waals surface area contributed by atoms with E-state index in [0.717, 1.165) is 22.5 Å². The molecule has 1 aromatic carbocycles. The zero-order valence-electron chi connectivity index (χ0n) is 9.66. The highest BCUT2D eigenvalue weighted by Gasteiger charge is 2.07. The molecule has 0 saturated heterocycles. The van der Waals surface area contributed by atoms with Crippen molar-refractivity contribution in [2.45, 2.75) is 13.8 Å². The van der Waals surface area contributed by atoms with Crippen LogP contribution in [0.1, 0.15) is 16.8 Å². The van der Waals surface area contributed by atoms with Crippen LogP contribution in [0, 0.1) is 19.3 Å². The predicted octanol–water partition coefficient (Wildman–Crippen LogP) is 2.43. The van der Waals surface area contributed by atoms with E-state index in [0.29, 0.717) is 5.02 Å². The summed E-state index contributed by atoms with van der Waals surface area (Å²) in [6, 6.07) is 5.62. The van der Waals surface area contributed by atoms with Crippen LogP contribution in [0.25, 0.3) is 5.69 Å². The van der Waals surface area contributed by atoms with Crippen LogP contribution in [-0.2, 0) is 0 Å². The summed E-state index contributed by atoms with van der Waals surface area (Å²) in [7, 11) is 0. The van der Waals surface area contributed by atoms with Crippen LogP contribution in [0.3, 0.4) is 0 Å². The van der Waals surface area contributed by atoms with Crippen molar-refractivity contribution >= 4 is 17.4 Å². The van der Waals surface area contributed by atoms with Crippen LogP contribution >= 0.6 is 11.6 Å². The second-order valence-corrected chi connectivity index (χ2v) is 4.33. The number of benzene rings is 1. The van der Waals surface area contributed by atoms with Gasteiger partial charge in [0.2, 0.25) is 0 Å². The quantitative estimate of drug-likeness (QED) is 0.633. The summed E-state index contributed by atoms with van der Waals surface area (Å²) in [5, 5.41) is 12.4. The van der Waals surface area contributed by atoms with Gasteiger partial charge in [-0.3, -0.25) is 5.41 Å². The predicted molar refractivity (Wildman–Crippen MR) is 69.1 cm³/mol. The summed E-state index contributed by atoms with van der Waals surface area (Å²) in [4.78, 5) is 0. The van der Waals surface area contributed by atoms with Gasteiger partial charge >= 0.3 is 0 Å². The van der Waals surface area contributed by atoms with Crippen molar-refractivity contribution in [3.05, 3.63) is 46.2 Å². The second kappa shape index (κ2) is 4.22. The van der Waals surface area contributed by atoms with E-state index >= 15 is 0 Å². The molecule has 88 valence electrons. The molecule has 3 N–H and O–H groups in total. The molecule has 0 aliphatic heterocycles. The van der Waals surface area contributed by atoms with Gasteiger partial charge in [-0.05, 0) is 37.6 Å². The molecule has 0 radical (unpaired) electrons. The van der Waals surface area contributed by atoms with Crippen LogP contribution < -0.4 is 5.73 Å². The topological polar surface area (TPSA) is 67.7 Å². The number of hydrogen-bond acceptors (Lipinski definition) is 2. The molecule has 2 rings (SSSR count). The Balaban J connectivity index is 2.47. The van der Waals surface area contributed by atoms with Gasteiger partial charge in [0.1, 0.15) is 5.84 Å². The molecule has 1 aromatic heterocycles. The average Bonchev–Trinajstić information content (AvgIpc) is 2.58. The zero-order chi connectivity index (χ0) is 12.6. The van der Waals surface area contributed by atoms with E-state index in [1.165, 1.54) is 0 Å². The molecule has 0 saturated carbocycles. The Bertz CT molecular complexity index is 567. The van der Waals surface area contributed by atoms with Crippen molar-refractivity contribution in [2.24, 2.45) is 5.73 Å². The summed E-state index contributed by atoms with van der Waals surface area (Å²) >= 11 is 5.96. The van der Waals surface area contributed by atoms with Crippen molar-refractivity contribution in [3.63, 3.8) is 0 Å². The molecule has 2 aromatic rings.